The Morgan fingerprint density at radius 3 is 2.59 bits per heavy atom. The Hall–Kier alpha value is -1.68. The maximum absolute atomic E-state index is 12.4. The van der Waals surface area contributed by atoms with Crippen molar-refractivity contribution >= 4 is 5.97 Å². The first-order chi connectivity index (χ1) is 18.5. The van der Waals surface area contributed by atoms with E-state index in [0.717, 1.165) is 63.4 Å². The maximum atomic E-state index is 12.4. The Kier molecular flexibility index (Phi) is 6.84. The lowest BCUT2D eigenvalue weighted by molar-refractivity contribution is -0.291. The first-order valence-corrected chi connectivity index (χ1v) is 14.8. The number of ether oxygens (including phenoxy) is 3. The van der Waals surface area contributed by atoms with Crippen molar-refractivity contribution in [2.75, 3.05) is 6.61 Å². The van der Waals surface area contributed by atoms with Gasteiger partial charge in [-0.2, -0.15) is 0 Å². The van der Waals surface area contributed by atoms with Gasteiger partial charge in [0.25, 0.3) is 0 Å². The molecule has 0 bridgehead atoms. The Morgan fingerprint density at radius 1 is 1.08 bits per heavy atom. The van der Waals surface area contributed by atoms with Crippen LogP contribution in [0.15, 0.2) is 16.8 Å². The Bertz CT molecular complexity index is 1080. The lowest BCUT2D eigenvalue weighted by Gasteiger charge is -2.64. The third-order valence-electron chi connectivity index (χ3n) is 12.3. The van der Waals surface area contributed by atoms with Gasteiger partial charge in [-0.05, 0) is 105 Å². The highest BCUT2D eigenvalue weighted by atomic mass is 16.7. The predicted molar refractivity (Wildman–Crippen MR) is 140 cm³/mol. The van der Waals surface area contributed by atoms with E-state index in [2.05, 4.69) is 23.9 Å². The molecule has 3 N–H and O–H groups in total. The fraction of sp³-hybridized carbons (Fsp3) is 0.897. The van der Waals surface area contributed by atoms with Crippen LogP contribution in [0.5, 0.6) is 0 Å². The normalized spacial score (nSPS) is 53.1. The fourth-order valence-electron chi connectivity index (χ4n) is 10.0. The fourth-order valence-corrected chi connectivity index (χ4v) is 10.0. The lowest BCUT2D eigenvalue weighted by Crippen LogP contribution is -2.62. The second kappa shape index (κ2) is 9.71. The standard InChI is InChI=1S/C29H43N3O7/c1-15-23(31-32-30)24(34)25(35)26(38-15)39-18-6-9-27(2)17(13-18)4-5-21-20(27)7-10-28(3)19(8-11-29(21,28)36)16-12-22(33)37-14-16/h12,15,17-21,23-26,34-36H,4-11,13-14H2,1-3H3/t15?,17-,18-,19+,20?,21+,23?,24-,25-,26?,27?,28?,29-/m0/s1. The number of esters is 1. The van der Waals surface area contributed by atoms with Gasteiger partial charge in [-0.1, -0.05) is 19.0 Å². The molecule has 0 spiro atoms. The van der Waals surface area contributed by atoms with E-state index < -0.39 is 36.2 Å². The van der Waals surface area contributed by atoms with E-state index in [-0.39, 0.29) is 34.7 Å². The van der Waals surface area contributed by atoms with E-state index in [1.807, 2.05) is 0 Å². The molecular weight excluding hydrogens is 502 g/mol. The SMILES string of the molecule is CC1OC(O[C@H]2CCC3(C)C4CCC5(C)[C@@H](C6=CC(=O)OC6)CC[C@]5(O)[C@@H]4CC[C@H]3C2)[C@@H](O)[C@@H](O)C1N=[N+]=[N-]. The molecule has 6 rings (SSSR count). The minimum Gasteiger partial charge on any atom is -0.458 e. The van der Waals surface area contributed by atoms with Crippen LogP contribution in [0.25, 0.3) is 10.4 Å². The molecule has 1 saturated heterocycles. The number of cyclic esters (lactones) is 1. The lowest BCUT2D eigenvalue weighted by atomic mass is 9.43. The summed E-state index contributed by atoms with van der Waals surface area (Å²) in [4.78, 5) is 14.6. The maximum Gasteiger partial charge on any atom is 0.331 e. The first-order valence-electron chi connectivity index (χ1n) is 14.8. The van der Waals surface area contributed by atoms with E-state index in [0.29, 0.717) is 18.4 Å². The van der Waals surface area contributed by atoms with Gasteiger partial charge in [0, 0.05) is 16.4 Å². The van der Waals surface area contributed by atoms with Crippen LogP contribution in [-0.4, -0.2) is 70.2 Å². The molecule has 0 radical (unpaired) electrons. The van der Waals surface area contributed by atoms with Crippen molar-refractivity contribution in [3.05, 3.63) is 22.1 Å². The number of fused-ring (bicyclic) bond motifs is 5. The van der Waals surface area contributed by atoms with E-state index >= 15 is 0 Å². The molecular formula is C29H43N3O7. The molecule has 0 amide bonds. The minimum atomic E-state index is -1.28. The Morgan fingerprint density at radius 2 is 1.87 bits per heavy atom. The molecule has 2 aliphatic heterocycles. The summed E-state index contributed by atoms with van der Waals surface area (Å²) in [6, 6.07) is -0.856. The molecule has 10 nitrogen and oxygen atoms in total. The van der Waals surface area contributed by atoms with Crippen LogP contribution in [0.4, 0.5) is 0 Å². The van der Waals surface area contributed by atoms with Crippen LogP contribution in [0.1, 0.15) is 78.6 Å². The van der Waals surface area contributed by atoms with Crippen LogP contribution in [0, 0.1) is 34.5 Å². The number of aliphatic hydroxyl groups excluding tert-OH is 2. The first kappa shape index (κ1) is 27.5. The van der Waals surface area contributed by atoms with Gasteiger partial charge in [-0.3, -0.25) is 0 Å². The highest BCUT2D eigenvalue weighted by Crippen LogP contribution is 2.70. The number of aliphatic hydroxyl groups is 3. The highest BCUT2D eigenvalue weighted by Gasteiger charge is 2.67. The van der Waals surface area contributed by atoms with Gasteiger partial charge >= 0.3 is 5.97 Å². The molecule has 6 aliphatic rings. The summed E-state index contributed by atoms with van der Waals surface area (Å²) in [5.41, 5.74) is 8.98. The topological polar surface area (TPSA) is 154 Å². The van der Waals surface area contributed by atoms with Gasteiger partial charge in [-0.25, -0.2) is 4.79 Å². The molecule has 4 saturated carbocycles. The molecule has 0 aromatic heterocycles. The monoisotopic (exact) mass is 545 g/mol. The molecule has 10 heteroatoms. The van der Waals surface area contributed by atoms with Crippen molar-refractivity contribution in [1.29, 1.82) is 0 Å². The van der Waals surface area contributed by atoms with Gasteiger partial charge in [-0.15, -0.1) is 0 Å². The minimum absolute atomic E-state index is 0.0886. The van der Waals surface area contributed by atoms with Gasteiger partial charge in [0.05, 0.1) is 30.0 Å². The largest absolute Gasteiger partial charge is 0.458 e. The summed E-state index contributed by atoms with van der Waals surface area (Å²) < 4.78 is 17.4. The molecule has 0 aromatic rings. The molecule has 5 fully saturated rings. The number of carbonyl (C=O) groups excluding carboxylic acids is 1. The average Bonchev–Trinajstić information content (AvgIpc) is 3.45. The van der Waals surface area contributed by atoms with Gasteiger partial charge < -0.3 is 29.5 Å². The zero-order valence-electron chi connectivity index (χ0n) is 23.2. The summed E-state index contributed by atoms with van der Waals surface area (Å²) in [5, 5.41) is 37.1. The quantitative estimate of drug-likeness (QED) is 0.160. The third-order valence-corrected chi connectivity index (χ3v) is 12.3. The Labute approximate surface area is 229 Å². The molecule has 13 atom stereocenters. The van der Waals surface area contributed by atoms with Crippen molar-refractivity contribution in [2.24, 2.45) is 39.6 Å². The number of azide groups is 1. The summed E-state index contributed by atoms with van der Waals surface area (Å²) in [6.07, 6.45) is 5.93. The molecule has 39 heavy (non-hydrogen) atoms. The van der Waals surface area contributed by atoms with Crippen molar-refractivity contribution in [3.8, 4) is 0 Å². The second-order valence-electron chi connectivity index (χ2n) is 13.7. The van der Waals surface area contributed by atoms with Crippen molar-refractivity contribution < 1.29 is 34.3 Å². The van der Waals surface area contributed by atoms with Crippen LogP contribution in [0.2, 0.25) is 0 Å². The van der Waals surface area contributed by atoms with Gasteiger partial charge in [0.15, 0.2) is 6.29 Å². The number of hydrogen-bond donors (Lipinski definition) is 3. The van der Waals surface area contributed by atoms with Crippen molar-refractivity contribution in [3.63, 3.8) is 0 Å². The van der Waals surface area contributed by atoms with E-state index in [1.54, 1.807) is 13.0 Å². The summed E-state index contributed by atoms with van der Waals surface area (Å²) in [5.74, 6) is 1.08. The number of carbonyl (C=O) groups is 1. The molecule has 216 valence electrons. The smallest absolute Gasteiger partial charge is 0.331 e. The van der Waals surface area contributed by atoms with Gasteiger partial charge in [0.2, 0.25) is 0 Å². The zero-order chi connectivity index (χ0) is 27.7. The number of rotatable bonds is 4. The summed E-state index contributed by atoms with van der Waals surface area (Å²) >= 11 is 0. The van der Waals surface area contributed by atoms with Crippen LogP contribution in [-0.2, 0) is 19.0 Å². The number of hydrogen-bond acceptors (Lipinski definition) is 8. The van der Waals surface area contributed by atoms with Crippen LogP contribution < -0.4 is 0 Å². The van der Waals surface area contributed by atoms with E-state index in [9.17, 15) is 20.1 Å². The average molecular weight is 546 g/mol. The summed E-state index contributed by atoms with van der Waals surface area (Å²) in [6.45, 7) is 6.75. The van der Waals surface area contributed by atoms with E-state index in [1.165, 1.54) is 0 Å². The van der Waals surface area contributed by atoms with Crippen molar-refractivity contribution in [2.45, 2.75) is 121 Å². The van der Waals surface area contributed by atoms with Crippen LogP contribution >= 0.6 is 0 Å². The zero-order valence-corrected chi connectivity index (χ0v) is 23.2. The van der Waals surface area contributed by atoms with Gasteiger partial charge in [0.1, 0.15) is 12.7 Å². The molecule has 6 unspecified atom stereocenters. The molecule has 0 aromatic carbocycles. The second-order valence-corrected chi connectivity index (χ2v) is 13.7. The number of nitrogens with zero attached hydrogens (tertiary/aromatic N) is 3. The van der Waals surface area contributed by atoms with Crippen molar-refractivity contribution in [1.82, 2.24) is 0 Å². The van der Waals surface area contributed by atoms with E-state index in [4.69, 9.17) is 19.7 Å². The summed E-state index contributed by atoms with van der Waals surface area (Å²) in [7, 11) is 0. The molecule has 2 heterocycles. The van der Waals surface area contributed by atoms with Crippen LogP contribution in [0.3, 0.4) is 0 Å². The highest BCUT2D eigenvalue weighted by molar-refractivity contribution is 5.85. The third kappa shape index (κ3) is 4.09. The Balaban J connectivity index is 1.14. The predicted octanol–water partition coefficient (Wildman–Crippen LogP) is 3.77. The molecule has 4 aliphatic carbocycles.